The van der Waals surface area contributed by atoms with Crippen LogP contribution in [0.5, 0.6) is 0 Å². The van der Waals surface area contributed by atoms with E-state index in [2.05, 4.69) is 20.6 Å². The predicted molar refractivity (Wildman–Crippen MR) is 35.8 cm³/mol. The Bertz CT molecular complexity index is 45.5. The van der Waals surface area contributed by atoms with Crippen LogP contribution in [0.4, 0.5) is 0 Å². The van der Waals surface area contributed by atoms with Crippen LogP contribution in [0.2, 0.25) is 0 Å². The summed E-state index contributed by atoms with van der Waals surface area (Å²) >= 11 is 0. The van der Waals surface area contributed by atoms with Gasteiger partial charge in [0.05, 0.1) is 0 Å². The van der Waals surface area contributed by atoms with Gasteiger partial charge in [0, 0.05) is 0 Å². The molecule has 0 saturated carbocycles. The van der Waals surface area contributed by atoms with Crippen LogP contribution in [0.15, 0.2) is 0 Å². The normalized spacial score (nSPS) is 9.67. The van der Waals surface area contributed by atoms with E-state index in [-0.39, 0.29) is 0 Å². The second kappa shape index (κ2) is 3.60. The number of rotatable bonds is 2. The van der Waals surface area contributed by atoms with Gasteiger partial charge in [-0.05, 0) is 0 Å². The zero-order valence-electron chi connectivity index (χ0n) is 4.53. The Labute approximate surface area is 43.1 Å². The van der Waals surface area contributed by atoms with E-state index >= 15 is 0 Å². The average molecular weight is 102 g/mol. The predicted octanol–water partition coefficient (Wildman–Crippen LogP) is 1.11. The minimum atomic E-state index is 0.466. The van der Waals surface area contributed by atoms with Gasteiger partial charge in [-0.15, -0.1) is 0 Å². The Kier molecular flexibility index (Phi) is 3.85. The minimum absolute atomic E-state index is 0.466. The van der Waals surface area contributed by atoms with Crippen molar-refractivity contribution in [1.82, 2.24) is 0 Å². The van der Waals surface area contributed by atoms with Gasteiger partial charge in [-0.2, -0.15) is 0 Å². The maximum atomic E-state index is 3.90. The number of hydrogen-bond donors (Lipinski definition) is 0. The molecule has 0 fully saturated rings. The van der Waals surface area contributed by atoms with Crippen molar-refractivity contribution < 1.29 is 0 Å². The van der Waals surface area contributed by atoms with Crippen LogP contribution in [0, 0.1) is 0 Å². The van der Waals surface area contributed by atoms with Crippen molar-refractivity contribution in [2.24, 2.45) is 0 Å². The Morgan fingerprint density at radius 1 is 1.33 bits per heavy atom. The summed E-state index contributed by atoms with van der Waals surface area (Å²) in [5, 5.41) is 0. The van der Waals surface area contributed by atoms with Gasteiger partial charge in [0.1, 0.15) is 0 Å². The topological polar surface area (TPSA) is 0 Å². The molecule has 0 atom stereocenters. The van der Waals surface area contributed by atoms with Crippen LogP contribution >= 0.6 is 10.3 Å². The van der Waals surface area contributed by atoms with Crippen LogP contribution in [0.3, 0.4) is 0 Å². The maximum absolute atomic E-state index is 3.90. The first-order chi connectivity index (χ1) is 2.81. The average Bonchev–Trinajstić information content (AvgIpc) is 1.65. The Morgan fingerprint density at radius 3 is 1.67 bits per heavy atom. The van der Waals surface area contributed by atoms with Crippen molar-refractivity contribution in [2.45, 2.75) is 13.8 Å². The van der Waals surface area contributed by atoms with E-state index < -0.39 is 0 Å². The fourth-order valence-corrected chi connectivity index (χ4v) is 0.612. The van der Waals surface area contributed by atoms with E-state index in [1.165, 1.54) is 11.5 Å². The summed E-state index contributed by atoms with van der Waals surface area (Å²) < 4.78 is 0. The molecule has 6 heavy (non-hydrogen) atoms. The van der Waals surface area contributed by atoms with Crippen molar-refractivity contribution in [3.05, 3.63) is 0 Å². The molecule has 36 valence electrons. The molecule has 0 radical (unpaired) electrons. The summed E-state index contributed by atoms with van der Waals surface area (Å²) in [7, 11) is 0.466. The second-order valence-corrected chi connectivity index (χ2v) is 3.57. The molecule has 0 aliphatic rings. The van der Waals surface area contributed by atoms with E-state index in [0.29, 0.717) is 10.3 Å². The van der Waals surface area contributed by atoms with Gasteiger partial charge in [-0.25, -0.2) is 0 Å². The van der Waals surface area contributed by atoms with E-state index in [4.69, 9.17) is 0 Å². The zero-order valence-corrected chi connectivity index (χ0v) is 5.35. The van der Waals surface area contributed by atoms with Gasteiger partial charge >= 0.3 is 42.4 Å². The molecule has 0 aromatic heterocycles. The molecule has 0 spiro atoms. The van der Waals surface area contributed by atoms with Crippen LogP contribution in [0.25, 0.3) is 0 Å². The third kappa shape index (κ3) is 2.64. The summed E-state index contributed by atoms with van der Waals surface area (Å²) in [4.78, 5) is 0. The molecule has 0 N–H and O–H groups in total. The molecule has 0 aromatic rings. The molecule has 0 heterocycles. The molecule has 2 heteroatoms. The van der Waals surface area contributed by atoms with Crippen LogP contribution in [0.1, 0.15) is 13.8 Å². The summed E-state index contributed by atoms with van der Waals surface area (Å²) in [5.74, 6) is 2.49. The van der Waals surface area contributed by atoms with Crippen molar-refractivity contribution >= 4 is 17.0 Å². The van der Waals surface area contributed by atoms with Crippen molar-refractivity contribution in [3.63, 3.8) is 0 Å². The quantitative estimate of drug-likeness (QED) is 0.458. The summed E-state index contributed by atoms with van der Waals surface area (Å²) in [6.45, 7) is 8.26. The van der Waals surface area contributed by atoms with Crippen LogP contribution in [-0.4, -0.2) is 18.2 Å². The van der Waals surface area contributed by atoms with E-state index in [0.717, 1.165) is 0 Å². The fourth-order valence-electron chi connectivity index (χ4n) is 0.204. The molecule has 0 amide bonds. The molecule has 0 bridgehead atoms. The standard InChI is InChI=1S/C4H11BS/c1-3-6(5)4-2/h5H,3-4H2,1-2H3. The monoisotopic (exact) mass is 102 g/mol. The Balaban J connectivity index is 2.99. The molecule has 0 saturated heterocycles. The third-order valence-electron chi connectivity index (χ3n) is 0.816. The van der Waals surface area contributed by atoms with Gasteiger partial charge in [-0.1, -0.05) is 0 Å². The Hall–Kier alpha value is 0.415. The van der Waals surface area contributed by atoms with Gasteiger partial charge in [0.15, 0.2) is 0 Å². The number of hydrogen-bond acceptors (Lipinski definition) is 0. The second-order valence-electron chi connectivity index (χ2n) is 1.19. The van der Waals surface area contributed by atoms with Gasteiger partial charge in [0.25, 0.3) is 0 Å². The van der Waals surface area contributed by atoms with Gasteiger partial charge in [-0.3, -0.25) is 0 Å². The van der Waals surface area contributed by atoms with Crippen LogP contribution < -0.4 is 0 Å². The first-order valence-corrected chi connectivity index (χ1v) is 4.01. The van der Waals surface area contributed by atoms with Gasteiger partial charge in [0.2, 0.25) is 0 Å². The molecule has 0 rings (SSSR count). The fraction of sp³-hybridized carbons (Fsp3) is 1.00. The van der Waals surface area contributed by atoms with Crippen molar-refractivity contribution in [2.75, 3.05) is 11.5 Å². The third-order valence-corrected chi connectivity index (χ3v) is 2.45. The summed E-state index contributed by atoms with van der Waals surface area (Å²) in [6, 6.07) is 0. The Morgan fingerprint density at radius 2 is 1.67 bits per heavy atom. The molecule has 0 unspecified atom stereocenters. The first kappa shape index (κ1) is 6.41. The summed E-state index contributed by atoms with van der Waals surface area (Å²) in [6.07, 6.45) is 0. The van der Waals surface area contributed by atoms with E-state index in [1.54, 1.807) is 0 Å². The van der Waals surface area contributed by atoms with E-state index in [9.17, 15) is 0 Å². The van der Waals surface area contributed by atoms with Crippen molar-refractivity contribution in [3.8, 4) is 0 Å². The first-order valence-electron chi connectivity index (χ1n) is 2.28. The van der Waals surface area contributed by atoms with Crippen molar-refractivity contribution in [1.29, 1.82) is 0 Å². The summed E-state index contributed by atoms with van der Waals surface area (Å²) in [5.41, 5.74) is 0. The molecule has 0 aromatic carbocycles. The molecule has 0 aliphatic carbocycles. The van der Waals surface area contributed by atoms with Gasteiger partial charge < -0.3 is 0 Å². The molecule has 0 aliphatic heterocycles. The van der Waals surface area contributed by atoms with Crippen LogP contribution in [-0.2, 0) is 0 Å². The zero-order chi connectivity index (χ0) is 4.99. The van der Waals surface area contributed by atoms with E-state index in [1.807, 2.05) is 0 Å². The SMILES string of the molecule is B=S(CC)CC. The molecular weight excluding hydrogens is 90.9 g/mol. The molecule has 0 nitrogen and oxygen atoms in total. The molecular formula is C4H11BS.